The number of methoxy groups -OCH3 is 1. The third kappa shape index (κ3) is 3.01. The average Bonchev–Trinajstić information content (AvgIpc) is 2.72. The molecule has 0 fully saturated rings. The third-order valence-corrected chi connectivity index (χ3v) is 3.71. The largest absolute Gasteiger partial charge is 0.439 e. The first-order valence-corrected chi connectivity index (χ1v) is 6.65. The lowest BCUT2D eigenvalue weighted by Gasteiger charge is -2.13. The van der Waals surface area contributed by atoms with Crippen LogP contribution in [0.25, 0.3) is 11.1 Å². The van der Waals surface area contributed by atoms with Crippen LogP contribution < -0.4 is 0 Å². The van der Waals surface area contributed by atoms with Crippen molar-refractivity contribution in [2.24, 2.45) is 0 Å². The second-order valence-electron chi connectivity index (χ2n) is 4.06. The SMILES string of the molecule is COC[C@H](C)S[C@H](C)c1nc2ccccc2o1. The van der Waals surface area contributed by atoms with Crippen LogP contribution in [0.4, 0.5) is 0 Å². The highest BCUT2D eigenvalue weighted by Gasteiger charge is 2.16. The van der Waals surface area contributed by atoms with Crippen molar-refractivity contribution >= 4 is 22.9 Å². The van der Waals surface area contributed by atoms with Gasteiger partial charge in [-0.15, -0.1) is 11.8 Å². The predicted octanol–water partition coefficient (Wildman–Crippen LogP) is 3.66. The molecule has 4 heteroatoms. The van der Waals surface area contributed by atoms with Gasteiger partial charge in [0.2, 0.25) is 5.89 Å². The molecule has 2 atom stereocenters. The number of hydrogen-bond acceptors (Lipinski definition) is 4. The number of rotatable bonds is 5. The fourth-order valence-corrected chi connectivity index (χ4v) is 2.87. The molecule has 0 aliphatic rings. The summed E-state index contributed by atoms with van der Waals surface area (Å²) in [7, 11) is 1.72. The molecule has 0 bridgehead atoms. The lowest BCUT2D eigenvalue weighted by molar-refractivity contribution is 0.202. The number of aromatic nitrogens is 1. The zero-order chi connectivity index (χ0) is 12.3. The zero-order valence-corrected chi connectivity index (χ0v) is 11.2. The molecule has 3 nitrogen and oxygen atoms in total. The number of oxazole rings is 1. The second kappa shape index (κ2) is 5.56. The molecule has 0 aliphatic carbocycles. The van der Waals surface area contributed by atoms with E-state index in [0.717, 1.165) is 23.6 Å². The van der Waals surface area contributed by atoms with Crippen LogP contribution in [0, 0.1) is 0 Å². The summed E-state index contributed by atoms with van der Waals surface area (Å²) in [6.45, 7) is 5.00. The highest BCUT2D eigenvalue weighted by Crippen LogP contribution is 2.32. The smallest absolute Gasteiger partial charge is 0.208 e. The summed E-state index contributed by atoms with van der Waals surface area (Å²) in [6.07, 6.45) is 0. The Kier molecular flexibility index (Phi) is 4.07. The summed E-state index contributed by atoms with van der Waals surface area (Å²) in [5.41, 5.74) is 1.78. The van der Waals surface area contributed by atoms with Crippen LogP contribution in [0.2, 0.25) is 0 Å². The summed E-state index contributed by atoms with van der Waals surface area (Å²) in [6, 6.07) is 7.85. The van der Waals surface area contributed by atoms with Gasteiger partial charge in [-0.2, -0.15) is 0 Å². The number of nitrogens with zero attached hydrogens (tertiary/aromatic N) is 1. The van der Waals surface area contributed by atoms with Crippen LogP contribution >= 0.6 is 11.8 Å². The molecule has 1 aromatic carbocycles. The van der Waals surface area contributed by atoms with Crippen LogP contribution in [-0.2, 0) is 4.74 Å². The van der Waals surface area contributed by atoms with Crippen molar-refractivity contribution in [3.8, 4) is 0 Å². The summed E-state index contributed by atoms with van der Waals surface area (Å²) < 4.78 is 10.9. The fraction of sp³-hybridized carbons (Fsp3) is 0.462. The quantitative estimate of drug-likeness (QED) is 0.812. The van der Waals surface area contributed by atoms with Crippen LogP contribution in [0.15, 0.2) is 28.7 Å². The van der Waals surface area contributed by atoms with Crippen LogP contribution in [0.1, 0.15) is 25.0 Å². The minimum Gasteiger partial charge on any atom is -0.439 e. The van der Waals surface area contributed by atoms with Crippen molar-refractivity contribution in [2.75, 3.05) is 13.7 Å². The Hall–Kier alpha value is -1.00. The maximum absolute atomic E-state index is 5.74. The predicted molar refractivity (Wildman–Crippen MR) is 71.4 cm³/mol. The van der Waals surface area contributed by atoms with E-state index in [1.54, 1.807) is 7.11 Å². The van der Waals surface area contributed by atoms with Gasteiger partial charge in [0.1, 0.15) is 5.52 Å². The highest BCUT2D eigenvalue weighted by molar-refractivity contribution is 8.00. The van der Waals surface area contributed by atoms with Gasteiger partial charge < -0.3 is 9.15 Å². The molecule has 0 saturated carbocycles. The van der Waals surface area contributed by atoms with E-state index in [4.69, 9.17) is 9.15 Å². The third-order valence-electron chi connectivity index (χ3n) is 2.50. The van der Waals surface area contributed by atoms with Crippen LogP contribution in [0.3, 0.4) is 0 Å². The van der Waals surface area contributed by atoms with Crippen LogP contribution in [0.5, 0.6) is 0 Å². The van der Waals surface area contributed by atoms with E-state index in [0.29, 0.717) is 5.25 Å². The maximum atomic E-state index is 5.74. The van der Waals surface area contributed by atoms with Crippen molar-refractivity contribution in [2.45, 2.75) is 24.3 Å². The number of fused-ring (bicyclic) bond motifs is 1. The molecule has 0 spiro atoms. The molecule has 2 rings (SSSR count). The van der Waals surface area contributed by atoms with Crippen molar-refractivity contribution in [1.82, 2.24) is 4.98 Å². The maximum Gasteiger partial charge on any atom is 0.208 e. The molecular weight excluding hydrogens is 234 g/mol. The highest BCUT2D eigenvalue weighted by atomic mass is 32.2. The van der Waals surface area contributed by atoms with Gasteiger partial charge in [-0.25, -0.2) is 4.98 Å². The molecule has 0 saturated heterocycles. The summed E-state index contributed by atoms with van der Waals surface area (Å²) in [5.74, 6) is 0.791. The topological polar surface area (TPSA) is 35.3 Å². The average molecular weight is 251 g/mol. The van der Waals surface area contributed by atoms with Gasteiger partial charge in [0, 0.05) is 12.4 Å². The first-order valence-electron chi connectivity index (χ1n) is 5.70. The molecule has 0 aliphatic heterocycles. The van der Waals surface area contributed by atoms with Crippen molar-refractivity contribution < 1.29 is 9.15 Å². The Bertz CT molecular complexity index is 450. The monoisotopic (exact) mass is 251 g/mol. The molecule has 0 unspecified atom stereocenters. The van der Waals surface area contributed by atoms with Crippen molar-refractivity contribution in [3.63, 3.8) is 0 Å². The van der Waals surface area contributed by atoms with Gasteiger partial charge in [0.05, 0.1) is 11.9 Å². The van der Waals surface area contributed by atoms with Gasteiger partial charge in [-0.3, -0.25) is 0 Å². The number of thioether (sulfide) groups is 1. The van der Waals surface area contributed by atoms with Crippen LogP contribution in [-0.4, -0.2) is 24.0 Å². The Balaban J connectivity index is 2.10. The second-order valence-corrected chi connectivity index (χ2v) is 5.85. The molecule has 0 radical (unpaired) electrons. The molecule has 0 amide bonds. The molecule has 2 aromatic rings. The molecule has 0 N–H and O–H groups in total. The normalized spacial score (nSPS) is 15.0. The Labute approximate surface area is 106 Å². The molecular formula is C13H17NO2S. The number of hydrogen-bond donors (Lipinski definition) is 0. The van der Waals surface area contributed by atoms with Gasteiger partial charge >= 0.3 is 0 Å². The van der Waals surface area contributed by atoms with E-state index in [1.165, 1.54) is 0 Å². The number of ether oxygens (including phenoxy) is 1. The molecule has 1 aromatic heterocycles. The minimum atomic E-state index is 0.243. The standard InChI is InChI=1S/C13H17NO2S/c1-9(8-15-3)17-10(2)13-14-11-6-4-5-7-12(11)16-13/h4-7,9-10H,8H2,1-3H3/t9-,10+/m0/s1. The molecule has 92 valence electrons. The van der Waals surface area contributed by atoms with E-state index in [9.17, 15) is 0 Å². The zero-order valence-electron chi connectivity index (χ0n) is 10.3. The van der Waals surface area contributed by atoms with Gasteiger partial charge in [0.15, 0.2) is 5.58 Å². The van der Waals surface area contributed by atoms with E-state index < -0.39 is 0 Å². The van der Waals surface area contributed by atoms with E-state index >= 15 is 0 Å². The van der Waals surface area contributed by atoms with Crippen molar-refractivity contribution in [1.29, 1.82) is 0 Å². The van der Waals surface area contributed by atoms with Gasteiger partial charge in [-0.1, -0.05) is 19.1 Å². The summed E-state index contributed by atoms with van der Waals surface area (Å²) in [5, 5.41) is 0.678. The first-order chi connectivity index (χ1) is 8.20. The lowest BCUT2D eigenvalue weighted by Crippen LogP contribution is -2.07. The minimum absolute atomic E-state index is 0.243. The van der Waals surface area contributed by atoms with Gasteiger partial charge in [0.25, 0.3) is 0 Å². The Morgan fingerprint density at radius 1 is 1.35 bits per heavy atom. The molecule has 1 heterocycles. The van der Waals surface area contributed by atoms with E-state index in [1.807, 2.05) is 36.0 Å². The number of para-hydroxylation sites is 2. The number of benzene rings is 1. The fourth-order valence-electron chi connectivity index (χ4n) is 1.74. The first kappa shape index (κ1) is 12.5. The summed E-state index contributed by atoms with van der Waals surface area (Å²) >= 11 is 1.81. The summed E-state index contributed by atoms with van der Waals surface area (Å²) in [4.78, 5) is 4.50. The molecule has 17 heavy (non-hydrogen) atoms. The van der Waals surface area contributed by atoms with Crippen molar-refractivity contribution in [3.05, 3.63) is 30.2 Å². The Morgan fingerprint density at radius 3 is 2.82 bits per heavy atom. The lowest BCUT2D eigenvalue weighted by atomic mass is 10.3. The van der Waals surface area contributed by atoms with Gasteiger partial charge in [-0.05, 0) is 19.1 Å². The van der Waals surface area contributed by atoms with E-state index in [2.05, 4.69) is 18.8 Å². The van der Waals surface area contributed by atoms with E-state index in [-0.39, 0.29) is 5.25 Å². The Morgan fingerprint density at radius 2 is 2.12 bits per heavy atom.